The van der Waals surface area contributed by atoms with E-state index in [1.54, 1.807) is 0 Å². The minimum absolute atomic E-state index is 0.129. The van der Waals surface area contributed by atoms with Gasteiger partial charge in [0.25, 0.3) is 0 Å². The predicted octanol–water partition coefficient (Wildman–Crippen LogP) is 1.84. The fourth-order valence-corrected chi connectivity index (χ4v) is 2.81. The number of rotatable bonds is 3. The molecule has 1 atom stereocenters. The predicted molar refractivity (Wildman–Crippen MR) is 76.5 cm³/mol. The summed E-state index contributed by atoms with van der Waals surface area (Å²) >= 11 is 6.09. The largest absolute Gasteiger partial charge is 0.326 e. The maximum atomic E-state index is 11.8. The molecule has 94 valence electrons. The van der Waals surface area contributed by atoms with Crippen LogP contribution in [0.4, 0.5) is 5.69 Å². The smallest absolute Gasteiger partial charge is 0.239 e. The lowest BCUT2D eigenvalue weighted by molar-refractivity contribution is -0.122. The summed E-state index contributed by atoms with van der Waals surface area (Å²) in [6.07, 6.45) is 0.129. The van der Waals surface area contributed by atoms with Gasteiger partial charge >= 0.3 is 0 Å². The molecule has 18 heavy (non-hydrogen) atoms. The Labute approximate surface area is 115 Å². The van der Waals surface area contributed by atoms with Gasteiger partial charge in [-0.2, -0.15) is 0 Å². The van der Waals surface area contributed by atoms with Crippen molar-refractivity contribution in [3.63, 3.8) is 0 Å². The van der Waals surface area contributed by atoms with E-state index in [0.29, 0.717) is 4.32 Å². The standard InChI is InChI=1S/C12H12N2O2S2/c1-7-2-4-8(5-3-7)13-10(15)6-9-11(16)14-12(17)18-9/h2-5,9H,6H2,1H3,(H,13,15)(H,14,16,17)/t9-/m0/s1. The fourth-order valence-electron chi connectivity index (χ4n) is 1.54. The number of hydrogen-bond donors (Lipinski definition) is 2. The van der Waals surface area contributed by atoms with Crippen LogP contribution in [0.3, 0.4) is 0 Å². The van der Waals surface area contributed by atoms with E-state index in [2.05, 4.69) is 10.6 Å². The van der Waals surface area contributed by atoms with E-state index in [9.17, 15) is 9.59 Å². The lowest BCUT2D eigenvalue weighted by Crippen LogP contribution is -2.27. The molecule has 1 saturated heterocycles. The molecule has 4 nitrogen and oxygen atoms in total. The molecule has 0 spiro atoms. The van der Waals surface area contributed by atoms with Gasteiger partial charge in [-0.05, 0) is 19.1 Å². The van der Waals surface area contributed by atoms with Crippen LogP contribution in [0, 0.1) is 6.92 Å². The second kappa shape index (κ2) is 5.49. The van der Waals surface area contributed by atoms with Gasteiger partial charge in [0.1, 0.15) is 4.32 Å². The minimum atomic E-state index is -0.414. The summed E-state index contributed by atoms with van der Waals surface area (Å²) in [7, 11) is 0. The van der Waals surface area contributed by atoms with Crippen LogP contribution >= 0.6 is 24.0 Å². The first-order valence-corrected chi connectivity index (χ1v) is 6.71. The number of thioether (sulfide) groups is 1. The van der Waals surface area contributed by atoms with Gasteiger partial charge in [0.05, 0.1) is 5.25 Å². The van der Waals surface area contributed by atoms with E-state index in [4.69, 9.17) is 12.2 Å². The monoisotopic (exact) mass is 280 g/mol. The van der Waals surface area contributed by atoms with Crippen molar-refractivity contribution in [2.24, 2.45) is 0 Å². The van der Waals surface area contributed by atoms with Crippen LogP contribution in [0.15, 0.2) is 24.3 Å². The number of thiocarbonyl (C=S) groups is 1. The molecule has 1 aliphatic heterocycles. The zero-order valence-corrected chi connectivity index (χ0v) is 11.4. The van der Waals surface area contributed by atoms with E-state index >= 15 is 0 Å². The molecule has 1 aliphatic rings. The third kappa shape index (κ3) is 3.30. The Bertz CT molecular complexity index is 499. The summed E-state index contributed by atoms with van der Waals surface area (Å²) in [5.74, 6) is -0.375. The van der Waals surface area contributed by atoms with Crippen molar-refractivity contribution in [1.82, 2.24) is 5.32 Å². The molecule has 0 saturated carbocycles. The van der Waals surface area contributed by atoms with Crippen molar-refractivity contribution in [1.29, 1.82) is 0 Å². The van der Waals surface area contributed by atoms with Crippen LogP contribution in [0.5, 0.6) is 0 Å². The molecule has 1 heterocycles. The number of benzene rings is 1. The molecule has 0 aromatic heterocycles. The molecule has 0 aliphatic carbocycles. The van der Waals surface area contributed by atoms with E-state index < -0.39 is 5.25 Å². The van der Waals surface area contributed by atoms with Gasteiger partial charge in [0.2, 0.25) is 11.8 Å². The molecule has 2 amide bonds. The first kappa shape index (κ1) is 13.0. The lowest BCUT2D eigenvalue weighted by atomic mass is 10.2. The van der Waals surface area contributed by atoms with E-state index in [1.807, 2.05) is 31.2 Å². The van der Waals surface area contributed by atoms with Crippen LogP contribution in [0.1, 0.15) is 12.0 Å². The number of carbonyl (C=O) groups is 2. The summed E-state index contributed by atoms with van der Waals surface area (Å²) in [6.45, 7) is 1.98. The van der Waals surface area contributed by atoms with E-state index in [0.717, 1.165) is 11.3 Å². The molecule has 1 aromatic rings. The maximum absolute atomic E-state index is 11.8. The Morgan fingerprint density at radius 3 is 2.67 bits per heavy atom. The first-order chi connectivity index (χ1) is 8.54. The summed E-state index contributed by atoms with van der Waals surface area (Å²) in [5, 5.41) is 4.86. The average molecular weight is 280 g/mol. The van der Waals surface area contributed by atoms with Gasteiger partial charge in [-0.1, -0.05) is 41.7 Å². The summed E-state index contributed by atoms with van der Waals surface area (Å²) in [5.41, 5.74) is 1.86. The molecule has 1 fully saturated rings. The highest BCUT2D eigenvalue weighted by atomic mass is 32.2. The number of amides is 2. The molecule has 0 radical (unpaired) electrons. The number of carbonyl (C=O) groups excluding carboxylic acids is 2. The second-order valence-electron chi connectivity index (χ2n) is 4.00. The van der Waals surface area contributed by atoms with Crippen LogP contribution in [-0.4, -0.2) is 21.4 Å². The highest BCUT2D eigenvalue weighted by Gasteiger charge is 2.30. The SMILES string of the molecule is Cc1ccc(NC(=O)C[C@@H]2SC(=S)NC2=O)cc1. The second-order valence-corrected chi connectivity index (χ2v) is 5.88. The minimum Gasteiger partial charge on any atom is -0.326 e. The van der Waals surface area contributed by atoms with Gasteiger partial charge in [0.15, 0.2) is 0 Å². The van der Waals surface area contributed by atoms with Crippen LogP contribution in [0.2, 0.25) is 0 Å². The van der Waals surface area contributed by atoms with Crippen molar-refractivity contribution in [2.45, 2.75) is 18.6 Å². The zero-order chi connectivity index (χ0) is 13.1. The Kier molecular flexibility index (Phi) is 3.98. The highest BCUT2D eigenvalue weighted by Crippen LogP contribution is 2.22. The average Bonchev–Trinajstić information content (AvgIpc) is 2.61. The van der Waals surface area contributed by atoms with Crippen molar-refractivity contribution in [3.8, 4) is 0 Å². The summed E-state index contributed by atoms with van der Waals surface area (Å²) in [4.78, 5) is 23.2. The van der Waals surface area contributed by atoms with E-state index in [1.165, 1.54) is 11.8 Å². The normalized spacial score (nSPS) is 18.6. The van der Waals surface area contributed by atoms with Gasteiger partial charge < -0.3 is 10.6 Å². The Morgan fingerprint density at radius 1 is 1.44 bits per heavy atom. The van der Waals surface area contributed by atoms with Crippen LogP contribution in [-0.2, 0) is 9.59 Å². The van der Waals surface area contributed by atoms with Gasteiger partial charge in [-0.3, -0.25) is 9.59 Å². The number of hydrogen-bond acceptors (Lipinski definition) is 4. The van der Waals surface area contributed by atoms with Crippen molar-refractivity contribution >= 4 is 45.8 Å². The zero-order valence-electron chi connectivity index (χ0n) is 9.73. The Hall–Kier alpha value is -1.40. The topological polar surface area (TPSA) is 58.2 Å². The third-order valence-corrected chi connectivity index (χ3v) is 3.85. The fraction of sp³-hybridized carbons (Fsp3) is 0.250. The maximum Gasteiger partial charge on any atom is 0.239 e. The summed E-state index contributed by atoms with van der Waals surface area (Å²) < 4.78 is 0.438. The van der Waals surface area contributed by atoms with Gasteiger partial charge in [0, 0.05) is 12.1 Å². The molecule has 6 heteroatoms. The molecular weight excluding hydrogens is 268 g/mol. The first-order valence-electron chi connectivity index (χ1n) is 5.42. The lowest BCUT2D eigenvalue weighted by Gasteiger charge is -2.07. The Morgan fingerprint density at radius 2 is 2.11 bits per heavy atom. The summed E-state index contributed by atoms with van der Waals surface area (Å²) in [6, 6.07) is 7.50. The van der Waals surface area contributed by atoms with Crippen molar-refractivity contribution < 1.29 is 9.59 Å². The van der Waals surface area contributed by atoms with E-state index in [-0.39, 0.29) is 18.2 Å². The number of anilines is 1. The van der Waals surface area contributed by atoms with Crippen molar-refractivity contribution in [2.75, 3.05) is 5.32 Å². The van der Waals surface area contributed by atoms with Crippen molar-refractivity contribution in [3.05, 3.63) is 29.8 Å². The molecular formula is C12H12N2O2S2. The van der Waals surface area contributed by atoms with Gasteiger partial charge in [-0.25, -0.2) is 0 Å². The van der Waals surface area contributed by atoms with Gasteiger partial charge in [-0.15, -0.1) is 0 Å². The number of nitrogens with one attached hydrogen (secondary N) is 2. The van der Waals surface area contributed by atoms with Crippen LogP contribution in [0.25, 0.3) is 0 Å². The molecule has 1 aromatic carbocycles. The van der Waals surface area contributed by atoms with Crippen LogP contribution < -0.4 is 10.6 Å². The molecule has 2 N–H and O–H groups in total. The molecule has 0 bridgehead atoms. The quantitative estimate of drug-likeness (QED) is 0.830. The third-order valence-electron chi connectivity index (χ3n) is 2.47. The molecule has 0 unspecified atom stereocenters. The Balaban J connectivity index is 1.91. The highest BCUT2D eigenvalue weighted by molar-refractivity contribution is 8.24. The molecule has 2 rings (SSSR count). The number of aryl methyl sites for hydroxylation is 1.